The molecule has 186 valence electrons. The van der Waals surface area contributed by atoms with Gasteiger partial charge in [-0.15, -0.1) is 0 Å². The van der Waals surface area contributed by atoms with E-state index in [0.717, 1.165) is 0 Å². The van der Waals surface area contributed by atoms with E-state index >= 15 is 0 Å². The molecule has 2 saturated heterocycles. The van der Waals surface area contributed by atoms with E-state index in [0.29, 0.717) is 0 Å². The summed E-state index contributed by atoms with van der Waals surface area (Å²) in [5.41, 5.74) is -1.32. The van der Waals surface area contributed by atoms with Gasteiger partial charge in [0.25, 0.3) is 0 Å². The second kappa shape index (κ2) is 9.46. The zero-order valence-electron chi connectivity index (χ0n) is 20.3. The van der Waals surface area contributed by atoms with Gasteiger partial charge in [0.15, 0.2) is 24.1 Å². The number of hydrogen-bond donors (Lipinski definition) is 1. The van der Waals surface area contributed by atoms with Crippen molar-refractivity contribution in [3.8, 4) is 0 Å². The minimum absolute atomic E-state index is 0.102. The van der Waals surface area contributed by atoms with Crippen LogP contribution in [0.4, 0.5) is 0 Å². The third kappa shape index (κ3) is 4.59. The molecule has 2 heterocycles. The predicted octanol–water partition coefficient (Wildman–Crippen LogP) is 1.97. The molecule has 0 radical (unpaired) electrons. The smallest absolute Gasteiger partial charge is 0.334 e. The first-order valence-electron chi connectivity index (χ1n) is 11.3. The van der Waals surface area contributed by atoms with Gasteiger partial charge in [0.05, 0.1) is 12.0 Å². The number of ketones is 1. The predicted molar refractivity (Wildman–Crippen MR) is 119 cm³/mol. The van der Waals surface area contributed by atoms with Gasteiger partial charge in [-0.05, 0) is 41.0 Å². The SMILES string of the molecule is C=C1C(=O)OC2C1C(OC(=O)C(C)=CC)C(=O)C(C)CC1OC1C(C)(O)C2OC(=O)C(C)=CC. The molecular weight excluding hydrogens is 444 g/mol. The number of Topliss-reactive ketones (excluding diaryl/α,β-unsaturated/α-hetero) is 1. The van der Waals surface area contributed by atoms with Crippen LogP contribution in [-0.4, -0.2) is 64.9 Å². The number of fused-ring (bicyclic) bond motifs is 2. The Balaban J connectivity index is 2.12. The van der Waals surface area contributed by atoms with Crippen LogP contribution in [0, 0.1) is 11.8 Å². The largest absolute Gasteiger partial charge is 0.454 e. The summed E-state index contributed by atoms with van der Waals surface area (Å²) < 4.78 is 22.5. The zero-order valence-corrected chi connectivity index (χ0v) is 20.3. The summed E-state index contributed by atoms with van der Waals surface area (Å²) in [6.07, 6.45) is -2.07. The third-order valence-corrected chi connectivity index (χ3v) is 6.95. The minimum Gasteiger partial charge on any atom is -0.454 e. The summed E-state index contributed by atoms with van der Waals surface area (Å²) >= 11 is 0. The molecule has 34 heavy (non-hydrogen) atoms. The fourth-order valence-electron chi connectivity index (χ4n) is 4.43. The average molecular weight is 477 g/mol. The van der Waals surface area contributed by atoms with Gasteiger partial charge >= 0.3 is 17.9 Å². The lowest BCUT2D eigenvalue weighted by Gasteiger charge is -2.38. The number of hydrogen-bond acceptors (Lipinski definition) is 9. The highest BCUT2D eigenvalue weighted by Crippen LogP contribution is 2.46. The first-order valence-corrected chi connectivity index (χ1v) is 11.3. The van der Waals surface area contributed by atoms with Crippen molar-refractivity contribution < 1.29 is 43.2 Å². The van der Waals surface area contributed by atoms with Crippen molar-refractivity contribution >= 4 is 23.7 Å². The summed E-state index contributed by atoms with van der Waals surface area (Å²) in [6.45, 7) is 13.3. The molecule has 1 saturated carbocycles. The zero-order chi connectivity index (χ0) is 25.5. The van der Waals surface area contributed by atoms with Crippen LogP contribution < -0.4 is 0 Å². The Morgan fingerprint density at radius 2 is 1.68 bits per heavy atom. The van der Waals surface area contributed by atoms with Crippen LogP contribution in [0.1, 0.15) is 48.0 Å². The van der Waals surface area contributed by atoms with Crippen LogP contribution in [0.5, 0.6) is 0 Å². The average Bonchev–Trinajstić information content (AvgIpc) is 3.52. The molecule has 9 heteroatoms. The van der Waals surface area contributed by atoms with Gasteiger partial charge in [-0.1, -0.05) is 25.7 Å². The summed E-state index contributed by atoms with van der Waals surface area (Å²) in [6, 6.07) is 0. The number of ether oxygens (including phenoxy) is 4. The maximum Gasteiger partial charge on any atom is 0.334 e. The number of aliphatic hydroxyl groups is 1. The molecule has 8 atom stereocenters. The molecule has 0 aromatic rings. The van der Waals surface area contributed by atoms with Crippen molar-refractivity contribution in [1.82, 2.24) is 0 Å². The van der Waals surface area contributed by atoms with E-state index in [1.807, 2.05) is 0 Å². The Hall–Kier alpha value is -2.78. The second-order valence-corrected chi connectivity index (χ2v) is 9.38. The Morgan fingerprint density at radius 1 is 1.12 bits per heavy atom. The van der Waals surface area contributed by atoms with E-state index < -0.39 is 71.6 Å². The summed E-state index contributed by atoms with van der Waals surface area (Å²) in [5.74, 6) is -4.50. The molecule has 3 aliphatic rings. The molecule has 3 rings (SSSR count). The number of carbonyl (C=O) groups excluding carboxylic acids is 4. The van der Waals surface area contributed by atoms with E-state index in [1.54, 1.807) is 33.8 Å². The molecule has 0 spiro atoms. The molecular formula is C25H32O9. The molecule has 0 aromatic carbocycles. The highest BCUT2D eigenvalue weighted by Gasteiger charge is 2.64. The third-order valence-electron chi connectivity index (χ3n) is 6.95. The highest BCUT2D eigenvalue weighted by molar-refractivity contribution is 5.97. The van der Waals surface area contributed by atoms with E-state index in [-0.39, 0.29) is 23.1 Å². The molecule has 8 unspecified atom stereocenters. The molecule has 1 aliphatic carbocycles. The topological polar surface area (TPSA) is 129 Å². The van der Waals surface area contributed by atoms with Crippen molar-refractivity contribution in [2.75, 3.05) is 0 Å². The van der Waals surface area contributed by atoms with Gasteiger partial charge in [-0.25, -0.2) is 14.4 Å². The van der Waals surface area contributed by atoms with Crippen LogP contribution in [-0.2, 0) is 38.1 Å². The highest BCUT2D eigenvalue weighted by atomic mass is 16.6. The van der Waals surface area contributed by atoms with Gasteiger partial charge in [0.2, 0.25) is 0 Å². The molecule has 3 fully saturated rings. The lowest BCUT2D eigenvalue weighted by molar-refractivity contribution is -0.191. The van der Waals surface area contributed by atoms with Crippen LogP contribution in [0.15, 0.2) is 35.5 Å². The number of allylic oxidation sites excluding steroid dienone is 2. The second-order valence-electron chi connectivity index (χ2n) is 9.38. The number of epoxide rings is 1. The first kappa shape index (κ1) is 25.8. The van der Waals surface area contributed by atoms with Gasteiger partial charge in [0.1, 0.15) is 11.7 Å². The quantitative estimate of drug-likeness (QED) is 0.280. The summed E-state index contributed by atoms with van der Waals surface area (Å²) in [7, 11) is 0. The van der Waals surface area contributed by atoms with E-state index in [9.17, 15) is 24.3 Å². The van der Waals surface area contributed by atoms with Crippen molar-refractivity contribution in [2.45, 2.75) is 84.1 Å². The van der Waals surface area contributed by atoms with Crippen molar-refractivity contribution in [1.29, 1.82) is 0 Å². The fourth-order valence-corrected chi connectivity index (χ4v) is 4.43. The lowest BCUT2D eigenvalue weighted by Crippen LogP contribution is -2.58. The van der Waals surface area contributed by atoms with Crippen LogP contribution in [0.25, 0.3) is 0 Å². The van der Waals surface area contributed by atoms with Crippen molar-refractivity contribution in [3.63, 3.8) is 0 Å². The molecule has 0 aromatic heterocycles. The Morgan fingerprint density at radius 3 is 2.24 bits per heavy atom. The number of carbonyl (C=O) groups is 4. The minimum atomic E-state index is -1.77. The Labute approximate surface area is 198 Å². The van der Waals surface area contributed by atoms with Gasteiger partial charge in [-0.3, -0.25) is 4.79 Å². The standard InChI is InChI=1S/C25H32O9/c1-8-11(3)22(27)32-18-16-14(6)24(29)33-19(16)21(34-23(28)12(4)9-2)25(7,30)20-15(31-20)10-13(5)17(18)26/h8-9,13,15-16,18-21,30H,6,10H2,1-5,7H3. The normalized spacial score (nSPS) is 38.4. The lowest BCUT2D eigenvalue weighted by atomic mass is 9.76. The first-order chi connectivity index (χ1) is 15.8. The molecule has 9 nitrogen and oxygen atoms in total. The van der Waals surface area contributed by atoms with Crippen LogP contribution in [0.2, 0.25) is 0 Å². The monoisotopic (exact) mass is 476 g/mol. The van der Waals surface area contributed by atoms with E-state index in [2.05, 4.69) is 6.58 Å². The fraction of sp³-hybridized carbons (Fsp3) is 0.600. The van der Waals surface area contributed by atoms with Crippen LogP contribution >= 0.6 is 0 Å². The van der Waals surface area contributed by atoms with Crippen molar-refractivity contribution in [2.24, 2.45) is 11.8 Å². The molecule has 2 aliphatic heterocycles. The molecule has 0 bridgehead atoms. The number of rotatable bonds is 4. The summed E-state index contributed by atoms with van der Waals surface area (Å²) in [4.78, 5) is 51.4. The molecule has 1 N–H and O–H groups in total. The van der Waals surface area contributed by atoms with Gasteiger partial charge < -0.3 is 24.1 Å². The Bertz CT molecular complexity index is 973. The van der Waals surface area contributed by atoms with Crippen molar-refractivity contribution in [3.05, 3.63) is 35.5 Å². The molecule has 0 amide bonds. The number of esters is 3. The van der Waals surface area contributed by atoms with Gasteiger partial charge in [0, 0.05) is 22.6 Å². The van der Waals surface area contributed by atoms with Crippen LogP contribution in [0.3, 0.4) is 0 Å². The Kier molecular flexibility index (Phi) is 7.19. The van der Waals surface area contributed by atoms with E-state index in [1.165, 1.54) is 19.9 Å². The summed E-state index contributed by atoms with van der Waals surface area (Å²) in [5, 5.41) is 11.5. The van der Waals surface area contributed by atoms with E-state index in [4.69, 9.17) is 18.9 Å². The maximum atomic E-state index is 13.5. The maximum absolute atomic E-state index is 13.5. The van der Waals surface area contributed by atoms with Gasteiger partial charge in [-0.2, -0.15) is 0 Å².